The molecule has 5 heteroatoms. The number of nitrogens with zero attached hydrogens (tertiary/aromatic N) is 1. The van der Waals surface area contributed by atoms with Crippen molar-refractivity contribution in [2.75, 3.05) is 0 Å². The first kappa shape index (κ1) is 17.7. The van der Waals surface area contributed by atoms with Crippen LogP contribution in [-0.4, -0.2) is 23.3 Å². The second-order valence-corrected chi connectivity index (χ2v) is 9.55. The fourth-order valence-corrected chi connectivity index (χ4v) is 3.48. The molecule has 1 aromatic carbocycles. The topological polar surface area (TPSA) is 31.4 Å². The SMILES string of the molecule is CC(C)(C)c1ccc(-c2ncc(B3OC(C)(C)C(C)(C)O3)s2)cc1. The molecule has 0 atom stereocenters. The van der Waals surface area contributed by atoms with Gasteiger partial charge in [0.05, 0.1) is 16.0 Å². The van der Waals surface area contributed by atoms with Gasteiger partial charge >= 0.3 is 7.12 Å². The van der Waals surface area contributed by atoms with Crippen molar-refractivity contribution in [1.29, 1.82) is 0 Å². The van der Waals surface area contributed by atoms with E-state index in [1.54, 1.807) is 11.3 Å². The largest absolute Gasteiger partial charge is 0.507 e. The van der Waals surface area contributed by atoms with Crippen molar-refractivity contribution in [2.45, 2.75) is 65.1 Å². The molecule has 0 amide bonds. The summed E-state index contributed by atoms with van der Waals surface area (Å²) in [6.45, 7) is 15.0. The van der Waals surface area contributed by atoms with Gasteiger partial charge in [-0.1, -0.05) is 45.0 Å². The van der Waals surface area contributed by atoms with Crippen molar-refractivity contribution in [3.8, 4) is 10.6 Å². The first-order chi connectivity index (χ1) is 11.0. The average molecular weight is 343 g/mol. The number of rotatable bonds is 2. The van der Waals surface area contributed by atoms with E-state index in [0.29, 0.717) is 0 Å². The third-order valence-corrected chi connectivity index (χ3v) is 6.08. The Morgan fingerprint density at radius 3 is 2.00 bits per heavy atom. The lowest BCUT2D eigenvalue weighted by atomic mass is 9.87. The molecule has 3 rings (SSSR count). The van der Waals surface area contributed by atoms with Crippen LogP contribution in [0.15, 0.2) is 30.5 Å². The van der Waals surface area contributed by atoms with Crippen LogP contribution in [0.5, 0.6) is 0 Å². The van der Waals surface area contributed by atoms with E-state index in [9.17, 15) is 0 Å². The second-order valence-electron chi connectivity index (χ2n) is 8.48. The maximum absolute atomic E-state index is 6.11. The summed E-state index contributed by atoms with van der Waals surface area (Å²) >= 11 is 1.64. The van der Waals surface area contributed by atoms with Gasteiger partial charge < -0.3 is 9.31 Å². The number of aromatic nitrogens is 1. The van der Waals surface area contributed by atoms with E-state index >= 15 is 0 Å². The van der Waals surface area contributed by atoms with Crippen LogP contribution in [0.4, 0.5) is 0 Å². The van der Waals surface area contributed by atoms with E-state index in [2.05, 4.69) is 77.7 Å². The van der Waals surface area contributed by atoms with Gasteiger partial charge in [0.2, 0.25) is 0 Å². The van der Waals surface area contributed by atoms with E-state index < -0.39 is 0 Å². The van der Waals surface area contributed by atoms with E-state index in [1.165, 1.54) is 5.56 Å². The highest BCUT2D eigenvalue weighted by Crippen LogP contribution is 2.37. The smallest absolute Gasteiger partial charge is 0.399 e. The molecule has 0 saturated carbocycles. The molecule has 24 heavy (non-hydrogen) atoms. The summed E-state index contributed by atoms with van der Waals surface area (Å²) in [5, 5.41) is 1.00. The zero-order chi connectivity index (χ0) is 17.8. The molecule has 3 nitrogen and oxygen atoms in total. The summed E-state index contributed by atoms with van der Waals surface area (Å²) in [5.41, 5.74) is 1.98. The van der Waals surface area contributed by atoms with Gasteiger partial charge in [-0.3, -0.25) is 0 Å². The van der Waals surface area contributed by atoms with Crippen molar-refractivity contribution in [1.82, 2.24) is 4.98 Å². The summed E-state index contributed by atoms with van der Waals surface area (Å²) in [4.78, 5) is 4.58. The Labute approximate surface area is 149 Å². The monoisotopic (exact) mass is 343 g/mol. The molecule has 1 aromatic heterocycles. The van der Waals surface area contributed by atoms with Crippen LogP contribution in [0, 0.1) is 0 Å². The fourth-order valence-electron chi connectivity index (χ4n) is 2.60. The van der Waals surface area contributed by atoms with Crippen molar-refractivity contribution < 1.29 is 9.31 Å². The number of hydrogen-bond donors (Lipinski definition) is 0. The number of hydrogen-bond acceptors (Lipinski definition) is 4. The minimum atomic E-state index is -0.338. The first-order valence-corrected chi connectivity index (χ1v) is 9.23. The standard InChI is InChI=1S/C19H26BNO2S/c1-17(2,3)14-10-8-13(9-11-14)16-21-12-15(24-16)20-22-18(4,5)19(6,7)23-20/h8-12H,1-7H3. The molecule has 1 aliphatic rings. The van der Waals surface area contributed by atoms with Crippen molar-refractivity contribution in [3.63, 3.8) is 0 Å². The third kappa shape index (κ3) is 3.17. The lowest BCUT2D eigenvalue weighted by Gasteiger charge is -2.32. The van der Waals surface area contributed by atoms with Crippen molar-refractivity contribution in [2.24, 2.45) is 0 Å². The highest BCUT2D eigenvalue weighted by molar-refractivity contribution is 7.24. The molecule has 2 aromatic rings. The van der Waals surface area contributed by atoms with Crippen LogP contribution in [0.3, 0.4) is 0 Å². The molecule has 1 fully saturated rings. The van der Waals surface area contributed by atoms with E-state index in [4.69, 9.17) is 9.31 Å². The zero-order valence-electron chi connectivity index (χ0n) is 15.6. The van der Waals surface area contributed by atoms with Gasteiger partial charge in [-0.15, -0.1) is 11.3 Å². The summed E-state index contributed by atoms with van der Waals surface area (Å²) in [6, 6.07) is 8.66. The molecule has 0 bridgehead atoms. The van der Waals surface area contributed by atoms with E-state index in [-0.39, 0.29) is 23.7 Å². The van der Waals surface area contributed by atoms with Gasteiger partial charge in [0, 0.05) is 11.8 Å². The summed E-state index contributed by atoms with van der Waals surface area (Å²) < 4.78 is 13.2. The van der Waals surface area contributed by atoms with Gasteiger partial charge in [-0.2, -0.15) is 0 Å². The van der Waals surface area contributed by atoms with Gasteiger partial charge in [-0.05, 0) is 38.7 Å². The number of benzene rings is 1. The molecule has 128 valence electrons. The van der Waals surface area contributed by atoms with E-state index in [0.717, 1.165) is 15.3 Å². The Bertz CT molecular complexity index is 713. The van der Waals surface area contributed by atoms with Crippen LogP contribution in [0.25, 0.3) is 10.6 Å². The fraction of sp³-hybridized carbons (Fsp3) is 0.526. The molecule has 0 unspecified atom stereocenters. The maximum atomic E-state index is 6.11. The highest BCUT2D eigenvalue weighted by atomic mass is 32.1. The molecule has 0 N–H and O–H groups in total. The van der Waals surface area contributed by atoms with Crippen LogP contribution < -0.4 is 4.78 Å². The summed E-state index contributed by atoms with van der Waals surface area (Å²) in [5.74, 6) is 0. The normalized spacial score (nSPS) is 19.7. The summed E-state index contributed by atoms with van der Waals surface area (Å²) in [7, 11) is -0.338. The minimum absolute atomic E-state index is 0.162. The Hall–Kier alpha value is -1.17. The highest BCUT2D eigenvalue weighted by Gasteiger charge is 2.52. The molecule has 2 heterocycles. The van der Waals surface area contributed by atoms with Gasteiger partial charge in [0.25, 0.3) is 0 Å². The Kier molecular flexibility index (Phi) is 4.18. The molecule has 0 spiro atoms. The lowest BCUT2D eigenvalue weighted by Crippen LogP contribution is -2.41. The molecule has 0 aliphatic carbocycles. The quantitative estimate of drug-likeness (QED) is 0.757. The maximum Gasteiger partial charge on any atom is 0.507 e. The molecular formula is C19H26BNO2S. The third-order valence-electron chi connectivity index (χ3n) is 5.01. The van der Waals surface area contributed by atoms with E-state index in [1.807, 2.05) is 6.20 Å². The minimum Gasteiger partial charge on any atom is -0.399 e. The van der Waals surface area contributed by atoms with Gasteiger partial charge in [0.15, 0.2) is 0 Å². The zero-order valence-corrected chi connectivity index (χ0v) is 16.5. The van der Waals surface area contributed by atoms with Gasteiger partial charge in [-0.25, -0.2) is 4.98 Å². The molecule has 1 aliphatic heterocycles. The Morgan fingerprint density at radius 1 is 0.958 bits per heavy atom. The Balaban J connectivity index is 1.82. The van der Waals surface area contributed by atoms with Crippen LogP contribution >= 0.6 is 11.3 Å². The van der Waals surface area contributed by atoms with Crippen LogP contribution in [0.2, 0.25) is 0 Å². The van der Waals surface area contributed by atoms with Crippen molar-refractivity contribution >= 4 is 23.2 Å². The summed E-state index contributed by atoms with van der Waals surface area (Å²) in [6.07, 6.45) is 1.87. The number of thiazole rings is 1. The van der Waals surface area contributed by atoms with Crippen LogP contribution in [0.1, 0.15) is 54.0 Å². The van der Waals surface area contributed by atoms with Crippen LogP contribution in [-0.2, 0) is 14.7 Å². The van der Waals surface area contributed by atoms with Crippen molar-refractivity contribution in [3.05, 3.63) is 36.0 Å². The predicted octanol–water partition coefficient (Wildman–Crippen LogP) is 4.41. The van der Waals surface area contributed by atoms with Gasteiger partial charge in [0.1, 0.15) is 5.01 Å². The second kappa shape index (κ2) is 5.68. The molecule has 0 radical (unpaired) electrons. The predicted molar refractivity (Wildman–Crippen MR) is 102 cm³/mol. The first-order valence-electron chi connectivity index (χ1n) is 8.42. The molecular weight excluding hydrogens is 317 g/mol. The lowest BCUT2D eigenvalue weighted by molar-refractivity contribution is 0.00578. The average Bonchev–Trinajstić information content (AvgIpc) is 3.02. The Morgan fingerprint density at radius 2 is 1.50 bits per heavy atom. The molecule has 1 saturated heterocycles.